The third kappa shape index (κ3) is 4.03. The molecule has 2 aliphatic carbocycles. The Morgan fingerprint density at radius 2 is 1.86 bits per heavy atom. The molecule has 6 atom stereocenters. The first-order chi connectivity index (χ1) is 13.5. The third-order valence-corrected chi connectivity index (χ3v) is 5.95. The third-order valence-electron chi connectivity index (χ3n) is 5.95. The first kappa shape index (κ1) is 22.9. The van der Waals surface area contributed by atoms with Gasteiger partial charge in [-0.3, -0.25) is 9.59 Å². The summed E-state index contributed by atoms with van der Waals surface area (Å²) in [5.41, 5.74) is -1.93. The van der Waals surface area contributed by atoms with E-state index in [1.54, 1.807) is 0 Å². The Kier molecular flexibility index (Phi) is 6.77. The summed E-state index contributed by atoms with van der Waals surface area (Å²) in [7, 11) is 1.11. The number of fused-ring (bicyclic) bond motifs is 1. The van der Waals surface area contributed by atoms with E-state index in [0.717, 1.165) is 7.11 Å². The van der Waals surface area contributed by atoms with Crippen molar-refractivity contribution in [3.05, 3.63) is 24.3 Å². The van der Waals surface area contributed by atoms with E-state index in [4.69, 9.17) is 9.84 Å². The Morgan fingerprint density at radius 1 is 1.24 bits per heavy atom. The summed E-state index contributed by atoms with van der Waals surface area (Å²) in [5, 5.41) is 29.6. The highest BCUT2D eigenvalue weighted by Crippen LogP contribution is 2.51. The van der Waals surface area contributed by atoms with Gasteiger partial charge in [0.25, 0.3) is 0 Å². The molecular weight excluding hydrogens is 384 g/mol. The topological polar surface area (TPSA) is 147 Å². The smallest absolute Gasteiger partial charge is 0.336 e. The number of carbonyl (C=O) groups is 4. The van der Waals surface area contributed by atoms with Crippen LogP contribution in [0.25, 0.3) is 0 Å². The normalized spacial score (nSPS) is 32.7. The van der Waals surface area contributed by atoms with Crippen LogP contribution in [0, 0.1) is 17.3 Å². The fraction of sp³-hybridized carbons (Fsp3) is 0.600. The van der Waals surface area contributed by atoms with E-state index in [-0.39, 0.29) is 36.4 Å². The zero-order valence-corrected chi connectivity index (χ0v) is 16.4. The first-order valence-corrected chi connectivity index (χ1v) is 9.19. The molecular formula is C20H26O9. The maximum Gasteiger partial charge on any atom is 0.336 e. The first-order valence-electron chi connectivity index (χ1n) is 9.19. The Morgan fingerprint density at radius 3 is 2.41 bits per heavy atom. The van der Waals surface area contributed by atoms with Gasteiger partial charge < -0.3 is 24.8 Å². The number of ketones is 2. The van der Waals surface area contributed by atoms with Crippen molar-refractivity contribution in [3.63, 3.8) is 0 Å². The molecule has 2 fully saturated rings. The fourth-order valence-electron chi connectivity index (χ4n) is 4.26. The van der Waals surface area contributed by atoms with Crippen molar-refractivity contribution in [1.29, 1.82) is 0 Å². The van der Waals surface area contributed by atoms with Crippen LogP contribution in [0.3, 0.4) is 0 Å². The van der Waals surface area contributed by atoms with E-state index in [9.17, 15) is 29.4 Å². The number of methoxy groups -OCH3 is 1. The number of Topliss-reactive ketones (excluding diaryl/α,β-unsaturated/α-hetero) is 2. The van der Waals surface area contributed by atoms with Crippen molar-refractivity contribution in [2.45, 2.75) is 44.5 Å². The molecule has 0 unspecified atom stereocenters. The number of aliphatic hydroxyl groups is 3. The van der Waals surface area contributed by atoms with E-state index >= 15 is 0 Å². The molecule has 2 saturated carbocycles. The van der Waals surface area contributed by atoms with Crippen molar-refractivity contribution < 1.29 is 44.0 Å². The van der Waals surface area contributed by atoms with Crippen LogP contribution in [0.1, 0.15) is 26.2 Å². The molecule has 3 N–H and O–H groups in total. The Hall–Kier alpha value is -2.36. The van der Waals surface area contributed by atoms with Gasteiger partial charge in [-0.15, -0.1) is 0 Å². The van der Waals surface area contributed by atoms with Gasteiger partial charge in [0.1, 0.15) is 23.8 Å². The van der Waals surface area contributed by atoms with Crippen molar-refractivity contribution in [2.75, 3.05) is 13.7 Å². The summed E-state index contributed by atoms with van der Waals surface area (Å²) >= 11 is 0. The summed E-state index contributed by atoms with van der Waals surface area (Å²) in [4.78, 5) is 49.6. The molecule has 0 saturated heterocycles. The Bertz CT molecular complexity index is 755. The van der Waals surface area contributed by atoms with Gasteiger partial charge in [0.05, 0.1) is 37.2 Å². The van der Waals surface area contributed by atoms with Gasteiger partial charge in [-0.2, -0.15) is 0 Å². The molecule has 0 amide bonds. The largest absolute Gasteiger partial charge is 0.466 e. The SMILES string of the molecule is C=C(C(=O)OC)[C@@H]1[C@H](O)[C@@H]2C(=O)CCC(=O)[C@@]2(C)C[C@H]1OC(=O)C(=C)[C@H](O)CO. The summed E-state index contributed by atoms with van der Waals surface area (Å²) < 4.78 is 10.0. The molecule has 2 aliphatic rings. The summed E-state index contributed by atoms with van der Waals surface area (Å²) in [5.74, 6) is -4.76. The average Bonchev–Trinajstić information content (AvgIpc) is 2.68. The molecule has 0 radical (unpaired) electrons. The van der Waals surface area contributed by atoms with Crippen molar-refractivity contribution in [1.82, 2.24) is 0 Å². The Balaban J connectivity index is 2.44. The zero-order valence-electron chi connectivity index (χ0n) is 16.4. The molecule has 9 nitrogen and oxygen atoms in total. The van der Waals surface area contributed by atoms with Crippen LogP contribution in [-0.2, 0) is 28.7 Å². The Labute approximate surface area is 168 Å². The van der Waals surface area contributed by atoms with E-state index in [2.05, 4.69) is 17.9 Å². The highest BCUT2D eigenvalue weighted by molar-refractivity contribution is 6.00. The molecule has 0 bridgehead atoms. The van der Waals surface area contributed by atoms with Crippen LogP contribution in [0.4, 0.5) is 0 Å². The maximum atomic E-state index is 12.6. The maximum absolute atomic E-state index is 12.6. The molecule has 0 spiro atoms. The van der Waals surface area contributed by atoms with E-state index in [1.165, 1.54) is 6.92 Å². The van der Waals surface area contributed by atoms with Crippen LogP contribution >= 0.6 is 0 Å². The van der Waals surface area contributed by atoms with Crippen LogP contribution in [0.5, 0.6) is 0 Å². The molecule has 0 aromatic carbocycles. The monoisotopic (exact) mass is 410 g/mol. The van der Waals surface area contributed by atoms with Gasteiger partial charge in [0.15, 0.2) is 0 Å². The molecule has 29 heavy (non-hydrogen) atoms. The van der Waals surface area contributed by atoms with Crippen molar-refractivity contribution in [3.8, 4) is 0 Å². The van der Waals surface area contributed by atoms with Gasteiger partial charge in [-0.25, -0.2) is 9.59 Å². The summed E-state index contributed by atoms with van der Waals surface area (Å²) in [6, 6.07) is 0. The number of esters is 2. The molecule has 160 valence electrons. The standard InChI is InChI=1S/C20H26O9/c1-9(12(23)8-21)19(27)29-13-7-20(3)14(24)6-5-11(22)16(20)17(25)15(13)10(2)18(26)28-4/h12-13,15-17,21,23,25H,1-2,5-8H2,3-4H3/t12-,13-,15+,16+,17+,20-/m1/s1. The molecule has 0 aliphatic heterocycles. The van der Waals surface area contributed by atoms with Crippen molar-refractivity contribution >= 4 is 23.5 Å². The number of hydrogen-bond acceptors (Lipinski definition) is 9. The van der Waals surface area contributed by atoms with E-state index in [1.807, 2.05) is 0 Å². The minimum atomic E-state index is -1.56. The molecule has 9 heteroatoms. The number of carbonyl (C=O) groups excluding carboxylic acids is 4. The molecule has 2 rings (SSSR count). The quantitative estimate of drug-likeness (QED) is 0.388. The average molecular weight is 410 g/mol. The molecule has 0 heterocycles. The van der Waals surface area contributed by atoms with Crippen LogP contribution < -0.4 is 0 Å². The number of ether oxygens (including phenoxy) is 2. The number of aliphatic hydroxyl groups excluding tert-OH is 3. The molecule has 0 aromatic rings. The second-order valence-corrected chi connectivity index (χ2v) is 7.69. The van der Waals surface area contributed by atoms with E-state index < -0.39 is 59.7 Å². The minimum Gasteiger partial charge on any atom is -0.466 e. The van der Waals surface area contributed by atoms with Gasteiger partial charge in [0.2, 0.25) is 0 Å². The summed E-state index contributed by atoms with van der Waals surface area (Å²) in [6.45, 7) is 7.76. The van der Waals surface area contributed by atoms with Crippen LogP contribution in [0.15, 0.2) is 24.3 Å². The lowest BCUT2D eigenvalue weighted by Gasteiger charge is -2.50. The second-order valence-electron chi connectivity index (χ2n) is 7.69. The summed E-state index contributed by atoms with van der Waals surface area (Å²) in [6.07, 6.45) is -4.41. The second kappa shape index (κ2) is 8.56. The van der Waals surface area contributed by atoms with Crippen molar-refractivity contribution in [2.24, 2.45) is 17.3 Å². The van der Waals surface area contributed by atoms with Gasteiger partial charge in [0, 0.05) is 23.8 Å². The van der Waals surface area contributed by atoms with Gasteiger partial charge in [-0.05, 0) is 6.42 Å². The highest BCUT2D eigenvalue weighted by Gasteiger charge is 2.60. The lowest BCUT2D eigenvalue weighted by atomic mass is 9.54. The zero-order chi connectivity index (χ0) is 22.1. The van der Waals surface area contributed by atoms with Gasteiger partial charge >= 0.3 is 11.9 Å². The lowest BCUT2D eigenvalue weighted by molar-refractivity contribution is -0.179. The molecule has 0 aromatic heterocycles. The number of rotatable bonds is 6. The minimum absolute atomic E-state index is 0.0117. The van der Waals surface area contributed by atoms with Gasteiger partial charge in [-0.1, -0.05) is 20.1 Å². The predicted molar refractivity (Wildman–Crippen MR) is 98.2 cm³/mol. The lowest BCUT2D eigenvalue weighted by Crippen LogP contribution is -2.60. The fourth-order valence-corrected chi connectivity index (χ4v) is 4.26. The van der Waals surface area contributed by atoms with E-state index in [0.29, 0.717) is 0 Å². The number of hydrogen-bond donors (Lipinski definition) is 3. The highest BCUT2D eigenvalue weighted by atomic mass is 16.5. The van der Waals surface area contributed by atoms with Crippen LogP contribution in [-0.4, -0.2) is 70.9 Å². The predicted octanol–water partition coefficient (Wildman–Crippen LogP) is -0.528. The van der Waals surface area contributed by atoms with Crippen LogP contribution in [0.2, 0.25) is 0 Å².